The maximum Gasteiger partial charge on any atom is 0.312 e. The molecule has 8 heteroatoms. The number of carbonyl (C=O) groups excluding carboxylic acids is 1. The molecule has 3 aromatic carbocycles. The number of rotatable bonds is 2. The van der Waals surface area contributed by atoms with Crippen molar-refractivity contribution >= 4 is 28.5 Å². The van der Waals surface area contributed by atoms with Crippen molar-refractivity contribution in [2.24, 2.45) is 0 Å². The van der Waals surface area contributed by atoms with E-state index in [4.69, 9.17) is 20.8 Å². The number of esters is 1. The van der Waals surface area contributed by atoms with Crippen molar-refractivity contribution in [1.82, 2.24) is 0 Å². The Morgan fingerprint density at radius 3 is 2.41 bits per heavy atom. The van der Waals surface area contributed by atoms with Gasteiger partial charge in [0.1, 0.15) is 22.5 Å². The summed E-state index contributed by atoms with van der Waals surface area (Å²) in [6.45, 7) is 0. The van der Waals surface area contributed by atoms with E-state index < -0.39 is 28.8 Å². The van der Waals surface area contributed by atoms with Gasteiger partial charge >= 0.3 is 5.97 Å². The summed E-state index contributed by atoms with van der Waals surface area (Å²) < 4.78 is 11.3. The molecule has 0 aliphatic carbocycles. The van der Waals surface area contributed by atoms with Crippen molar-refractivity contribution in [1.29, 1.82) is 0 Å². The van der Waals surface area contributed by atoms with Crippen LogP contribution in [0, 0.1) is 0 Å². The summed E-state index contributed by atoms with van der Waals surface area (Å²) in [6.07, 6.45) is -0.132. The van der Waals surface area contributed by atoms with Gasteiger partial charge in [-0.05, 0) is 17.7 Å². The zero-order valence-electron chi connectivity index (χ0n) is 16.3. The van der Waals surface area contributed by atoms with Gasteiger partial charge in [-0.2, -0.15) is 0 Å². The second-order valence-corrected chi connectivity index (χ2v) is 7.83. The Balaban J connectivity index is 1.87. The van der Waals surface area contributed by atoms with Crippen LogP contribution in [0.1, 0.15) is 23.5 Å². The number of phenolic OH excluding ortho intramolecular Hbond substituents is 3. The number of carbonyl (C=O) groups is 1. The Bertz CT molecular complexity index is 1460. The summed E-state index contributed by atoms with van der Waals surface area (Å²) in [7, 11) is 0. The van der Waals surface area contributed by atoms with Crippen molar-refractivity contribution in [3.8, 4) is 34.3 Å². The second-order valence-electron chi connectivity index (χ2n) is 7.43. The molecule has 0 spiro atoms. The van der Waals surface area contributed by atoms with Crippen LogP contribution in [0.3, 0.4) is 0 Å². The number of phenols is 3. The Labute approximate surface area is 185 Å². The first-order valence-corrected chi connectivity index (χ1v) is 10.0. The minimum absolute atomic E-state index is 0.0108. The van der Waals surface area contributed by atoms with Crippen LogP contribution in [0.25, 0.3) is 22.3 Å². The van der Waals surface area contributed by atoms with E-state index >= 15 is 0 Å². The Morgan fingerprint density at radius 1 is 0.938 bits per heavy atom. The normalized spacial score (nSPS) is 15.4. The molecule has 3 N–H and O–H groups in total. The highest BCUT2D eigenvalue weighted by molar-refractivity contribution is 6.32. The number of benzene rings is 3. The van der Waals surface area contributed by atoms with Crippen LogP contribution >= 0.6 is 11.6 Å². The highest BCUT2D eigenvalue weighted by atomic mass is 35.5. The van der Waals surface area contributed by atoms with Gasteiger partial charge in [0.2, 0.25) is 5.75 Å². The number of ether oxygens (including phenoxy) is 1. The van der Waals surface area contributed by atoms with E-state index in [9.17, 15) is 24.9 Å². The van der Waals surface area contributed by atoms with Crippen LogP contribution in [-0.4, -0.2) is 21.3 Å². The fraction of sp³-hybridized carbons (Fsp3) is 0.0833. The smallest absolute Gasteiger partial charge is 0.312 e. The standard InChI is InChI=1S/C24H15ClO7/c25-14-8-12(6-7-15(14)26)13-9-18(28)32-24-19(13)23-20(21(29)22(24)30)16(27)10-17(31-23)11-4-2-1-3-5-11/h1-8,10,13,26,29-30H,9H2. The number of halogens is 1. The van der Waals surface area contributed by atoms with Gasteiger partial charge in [-0.1, -0.05) is 48.0 Å². The van der Waals surface area contributed by atoms with E-state index in [0.29, 0.717) is 11.1 Å². The van der Waals surface area contributed by atoms with Gasteiger partial charge in [-0.25, -0.2) is 0 Å². The van der Waals surface area contributed by atoms with Crippen molar-refractivity contribution in [3.05, 3.63) is 81.0 Å². The highest BCUT2D eigenvalue weighted by Crippen LogP contribution is 2.52. The lowest BCUT2D eigenvalue weighted by Gasteiger charge is -2.27. The minimum Gasteiger partial charge on any atom is -0.506 e. The lowest BCUT2D eigenvalue weighted by atomic mass is 9.84. The third-order valence-electron chi connectivity index (χ3n) is 5.48. The average Bonchev–Trinajstić information content (AvgIpc) is 2.79. The largest absolute Gasteiger partial charge is 0.506 e. The van der Waals surface area contributed by atoms with Gasteiger partial charge < -0.3 is 24.5 Å². The van der Waals surface area contributed by atoms with Crippen LogP contribution < -0.4 is 10.2 Å². The molecular formula is C24H15ClO7. The average molecular weight is 451 g/mol. The van der Waals surface area contributed by atoms with Crippen LogP contribution in [0.4, 0.5) is 0 Å². The summed E-state index contributed by atoms with van der Waals surface area (Å²) in [4.78, 5) is 25.3. The third-order valence-corrected chi connectivity index (χ3v) is 5.78. The third kappa shape index (κ3) is 3.06. The topological polar surface area (TPSA) is 117 Å². The Morgan fingerprint density at radius 2 is 1.69 bits per heavy atom. The van der Waals surface area contributed by atoms with Crippen molar-refractivity contribution < 1.29 is 29.3 Å². The van der Waals surface area contributed by atoms with Gasteiger partial charge in [0.05, 0.1) is 17.0 Å². The second kappa shape index (κ2) is 7.32. The summed E-state index contributed by atoms with van der Waals surface area (Å²) >= 11 is 6.07. The molecule has 0 bridgehead atoms. The number of aromatic hydroxyl groups is 3. The maximum absolute atomic E-state index is 12.9. The van der Waals surface area contributed by atoms with E-state index in [-0.39, 0.29) is 45.2 Å². The molecule has 2 heterocycles. The molecule has 0 fully saturated rings. The molecule has 7 nitrogen and oxygen atoms in total. The van der Waals surface area contributed by atoms with Crippen molar-refractivity contribution in [2.75, 3.05) is 0 Å². The molecule has 0 saturated carbocycles. The molecule has 4 aromatic rings. The molecule has 1 unspecified atom stereocenters. The fourth-order valence-corrected chi connectivity index (χ4v) is 4.17. The molecule has 5 rings (SSSR count). The monoisotopic (exact) mass is 450 g/mol. The highest BCUT2D eigenvalue weighted by Gasteiger charge is 2.37. The van der Waals surface area contributed by atoms with Gasteiger partial charge in [0.25, 0.3) is 0 Å². The fourth-order valence-electron chi connectivity index (χ4n) is 3.98. The van der Waals surface area contributed by atoms with E-state index in [1.165, 1.54) is 18.2 Å². The molecule has 160 valence electrons. The zero-order valence-corrected chi connectivity index (χ0v) is 17.1. The molecule has 1 atom stereocenters. The van der Waals surface area contributed by atoms with Crippen molar-refractivity contribution in [3.63, 3.8) is 0 Å². The predicted molar refractivity (Wildman–Crippen MR) is 116 cm³/mol. The Kier molecular flexibility index (Phi) is 4.56. The molecule has 32 heavy (non-hydrogen) atoms. The molecule has 0 amide bonds. The lowest BCUT2D eigenvalue weighted by Crippen LogP contribution is -2.22. The first kappa shape index (κ1) is 20.0. The summed E-state index contributed by atoms with van der Waals surface area (Å²) in [5.41, 5.74) is 0.810. The summed E-state index contributed by atoms with van der Waals surface area (Å²) in [5, 5.41) is 30.7. The van der Waals surface area contributed by atoms with Crippen LogP contribution in [0.15, 0.2) is 63.8 Å². The van der Waals surface area contributed by atoms with E-state index in [1.807, 2.05) is 6.07 Å². The SMILES string of the molecule is O=C1CC(c2ccc(O)c(Cl)c2)c2c(c(O)c(O)c3c(=O)cc(-c4ccccc4)oc23)O1. The lowest BCUT2D eigenvalue weighted by molar-refractivity contribution is -0.135. The van der Waals surface area contributed by atoms with Crippen LogP contribution in [-0.2, 0) is 4.79 Å². The molecule has 1 aromatic heterocycles. The maximum atomic E-state index is 12.9. The van der Waals surface area contributed by atoms with Gasteiger partial charge in [-0.15, -0.1) is 0 Å². The number of hydrogen-bond donors (Lipinski definition) is 3. The quantitative estimate of drug-likeness (QED) is 0.231. The van der Waals surface area contributed by atoms with E-state index in [2.05, 4.69) is 0 Å². The van der Waals surface area contributed by atoms with Crippen LogP contribution in [0.5, 0.6) is 23.0 Å². The van der Waals surface area contributed by atoms with Crippen molar-refractivity contribution in [2.45, 2.75) is 12.3 Å². The first-order chi connectivity index (χ1) is 15.3. The molecule has 1 aliphatic rings. The minimum atomic E-state index is -0.732. The zero-order chi connectivity index (χ0) is 22.6. The summed E-state index contributed by atoms with van der Waals surface area (Å²) in [6, 6.07) is 14.6. The number of hydrogen-bond acceptors (Lipinski definition) is 7. The Hall–Kier alpha value is -3.97. The molecule has 0 saturated heterocycles. The number of fused-ring (bicyclic) bond motifs is 3. The van der Waals surface area contributed by atoms with Gasteiger partial charge in [-0.3, -0.25) is 9.59 Å². The molecule has 0 radical (unpaired) electrons. The van der Waals surface area contributed by atoms with Gasteiger partial charge in [0.15, 0.2) is 16.9 Å². The van der Waals surface area contributed by atoms with E-state index in [0.717, 1.165) is 0 Å². The molecule has 1 aliphatic heterocycles. The summed E-state index contributed by atoms with van der Waals surface area (Å²) in [5.74, 6) is -3.00. The van der Waals surface area contributed by atoms with E-state index in [1.54, 1.807) is 30.3 Å². The predicted octanol–water partition coefficient (Wildman–Crippen LogP) is 4.67. The first-order valence-electron chi connectivity index (χ1n) is 9.65. The van der Waals surface area contributed by atoms with Crippen LogP contribution in [0.2, 0.25) is 5.02 Å². The van der Waals surface area contributed by atoms with Gasteiger partial charge in [0, 0.05) is 17.5 Å². The molecular weight excluding hydrogens is 436 g/mol.